The maximum absolute atomic E-state index is 5.63. The first-order valence-corrected chi connectivity index (χ1v) is 4.87. The summed E-state index contributed by atoms with van der Waals surface area (Å²) in [5, 5.41) is 3.44. The van der Waals surface area contributed by atoms with Gasteiger partial charge in [0.25, 0.3) is 0 Å². The normalized spacial score (nSPS) is 42.2. The molecule has 2 heterocycles. The Morgan fingerprint density at radius 1 is 1.58 bits per heavy atom. The monoisotopic (exact) mass is 170 g/mol. The zero-order chi connectivity index (χ0) is 8.44. The van der Waals surface area contributed by atoms with Crippen LogP contribution in [-0.2, 0) is 4.74 Å². The van der Waals surface area contributed by atoms with Gasteiger partial charge in [-0.2, -0.15) is 0 Å². The maximum Gasteiger partial charge on any atom is 0.0704 e. The molecule has 2 rings (SSSR count). The summed E-state index contributed by atoms with van der Waals surface area (Å²) in [6.07, 6.45) is 4.10. The lowest BCUT2D eigenvalue weighted by Crippen LogP contribution is -2.40. The molecule has 1 spiro atoms. The van der Waals surface area contributed by atoms with Crippen molar-refractivity contribution < 1.29 is 4.74 Å². The van der Waals surface area contributed by atoms with E-state index in [1.807, 2.05) is 0 Å². The fraction of sp³-hybridized carbons (Fsp3) is 1.00. The largest absolute Gasteiger partial charge is 0.376 e. The summed E-state index contributed by atoms with van der Waals surface area (Å²) in [4.78, 5) is 0. The standard InChI is InChI=1S/C9H18N2O/c10-5-8-4-9(7-12-8)2-1-3-11-6-9/h8,11H,1-7,10H2. The SMILES string of the molecule is NCC1CC2(CCCNC2)CO1. The lowest BCUT2D eigenvalue weighted by Gasteiger charge is -2.32. The Bertz CT molecular complexity index is 155. The van der Waals surface area contributed by atoms with E-state index in [-0.39, 0.29) is 0 Å². The van der Waals surface area contributed by atoms with E-state index < -0.39 is 0 Å². The molecule has 3 nitrogen and oxygen atoms in total. The van der Waals surface area contributed by atoms with Crippen LogP contribution in [0, 0.1) is 5.41 Å². The van der Waals surface area contributed by atoms with Gasteiger partial charge in [0.1, 0.15) is 0 Å². The highest BCUT2D eigenvalue weighted by Gasteiger charge is 2.40. The zero-order valence-electron chi connectivity index (χ0n) is 7.51. The highest BCUT2D eigenvalue weighted by molar-refractivity contribution is 4.92. The average Bonchev–Trinajstić information content (AvgIpc) is 2.50. The highest BCUT2D eigenvalue weighted by Crippen LogP contribution is 2.37. The van der Waals surface area contributed by atoms with Crippen molar-refractivity contribution in [2.45, 2.75) is 25.4 Å². The molecule has 3 heteroatoms. The Morgan fingerprint density at radius 3 is 3.08 bits per heavy atom. The molecular formula is C9H18N2O. The minimum absolute atomic E-state index is 0.324. The molecule has 12 heavy (non-hydrogen) atoms. The first kappa shape index (κ1) is 8.48. The number of nitrogens with one attached hydrogen (secondary N) is 1. The van der Waals surface area contributed by atoms with Crippen LogP contribution in [-0.4, -0.2) is 32.3 Å². The van der Waals surface area contributed by atoms with E-state index in [1.54, 1.807) is 0 Å². The highest BCUT2D eigenvalue weighted by atomic mass is 16.5. The summed E-state index contributed by atoms with van der Waals surface area (Å²) in [5.41, 5.74) is 6.01. The Morgan fingerprint density at radius 2 is 2.50 bits per heavy atom. The van der Waals surface area contributed by atoms with Gasteiger partial charge in [-0.25, -0.2) is 0 Å². The van der Waals surface area contributed by atoms with Gasteiger partial charge in [0.15, 0.2) is 0 Å². The topological polar surface area (TPSA) is 47.3 Å². The van der Waals surface area contributed by atoms with Gasteiger partial charge in [-0.15, -0.1) is 0 Å². The van der Waals surface area contributed by atoms with Crippen molar-refractivity contribution in [3.8, 4) is 0 Å². The van der Waals surface area contributed by atoms with Crippen LogP contribution >= 0.6 is 0 Å². The van der Waals surface area contributed by atoms with E-state index in [0.717, 1.165) is 19.6 Å². The number of hydrogen-bond acceptors (Lipinski definition) is 3. The first-order valence-electron chi connectivity index (χ1n) is 4.87. The van der Waals surface area contributed by atoms with E-state index in [9.17, 15) is 0 Å². The second-order valence-corrected chi connectivity index (χ2v) is 4.15. The summed E-state index contributed by atoms with van der Waals surface area (Å²) in [7, 11) is 0. The molecule has 0 aromatic carbocycles. The lowest BCUT2D eigenvalue weighted by molar-refractivity contribution is 0.0923. The van der Waals surface area contributed by atoms with E-state index in [0.29, 0.717) is 18.1 Å². The third-order valence-electron chi connectivity index (χ3n) is 3.11. The van der Waals surface area contributed by atoms with Crippen LogP contribution in [0.3, 0.4) is 0 Å². The van der Waals surface area contributed by atoms with Crippen molar-refractivity contribution in [3.05, 3.63) is 0 Å². The fourth-order valence-electron chi connectivity index (χ4n) is 2.37. The number of nitrogens with two attached hydrogens (primary N) is 1. The Hall–Kier alpha value is -0.120. The average molecular weight is 170 g/mol. The van der Waals surface area contributed by atoms with Gasteiger partial charge in [0.05, 0.1) is 12.7 Å². The predicted octanol–water partition coefficient (Wildman–Crippen LogP) is 0.104. The van der Waals surface area contributed by atoms with Gasteiger partial charge < -0.3 is 15.8 Å². The molecule has 0 aromatic heterocycles. The molecule has 0 radical (unpaired) electrons. The van der Waals surface area contributed by atoms with Gasteiger partial charge in [-0.05, 0) is 25.8 Å². The molecule has 0 amide bonds. The molecule has 2 saturated heterocycles. The Kier molecular flexibility index (Phi) is 2.35. The number of rotatable bonds is 1. The van der Waals surface area contributed by atoms with Gasteiger partial charge in [0, 0.05) is 18.5 Å². The summed E-state index contributed by atoms with van der Waals surface area (Å²) in [5.74, 6) is 0. The molecule has 0 aromatic rings. The molecule has 2 aliphatic rings. The van der Waals surface area contributed by atoms with Crippen LogP contribution in [0.2, 0.25) is 0 Å². The van der Waals surface area contributed by atoms with Crippen LogP contribution < -0.4 is 11.1 Å². The number of hydrogen-bond donors (Lipinski definition) is 2. The molecule has 70 valence electrons. The summed E-state index contributed by atoms with van der Waals surface area (Å²) in [6, 6.07) is 0. The third-order valence-corrected chi connectivity index (χ3v) is 3.11. The first-order chi connectivity index (χ1) is 5.85. The molecule has 0 aliphatic carbocycles. The summed E-state index contributed by atoms with van der Waals surface area (Å²) >= 11 is 0. The van der Waals surface area contributed by atoms with E-state index in [1.165, 1.54) is 19.4 Å². The Balaban J connectivity index is 1.94. The van der Waals surface area contributed by atoms with E-state index in [2.05, 4.69) is 5.32 Å². The minimum atomic E-state index is 0.324. The van der Waals surface area contributed by atoms with Crippen molar-refractivity contribution in [1.29, 1.82) is 0 Å². The summed E-state index contributed by atoms with van der Waals surface area (Å²) < 4.78 is 5.63. The van der Waals surface area contributed by atoms with Crippen LogP contribution in [0.4, 0.5) is 0 Å². The van der Waals surface area contributed by atoms with Crippen LogP contribution in [0.25, 0.3) is 0 Å². The molecule has 2 aliphatic heterocycles. The van der Waals surface area contributed by atoms with Gasteiger partial charge in [-0.3, -0.25) is 0 Å². The van der Waals surface area contributed by atoms with Gasteiger partial charge >= 0.3 is 0 Å². The fourth-order valence-corrected chi connectivity index (χ4v) is 2.37. The molecular weight excluding hydrogens is 152 g/mol. The van der Waals surface area contributed by atoms with Crippen molar-refractivity contribution in [2.24, 2.45) is 11.1 Å². The second kappa shape index (κ2) is 3.32. The van der Waals surface area contributed by atoms with Crippen molar-refractivity contribution in [2.75, 3.05) is 26.2 Å². The lowest BCUT2D eigenvalue weighted by atomic mass is 9.79. The molecule has 0 saturated carbocycles. The predicted molar refractivity (Wildman–Crippen MR) is 47.9 cm³/mol. The zero-order valence-corrected chi connectivity index (χ0v) is 7.51. The number of piperidine rings is 1. The van der Waals surface area contributed by atoms with Gasteiger partial charge in [0.2, 0.25) is 0 Å². The van der Waals surface area contributed by atoms with Gasteiger partial charge in [-0.1, -0.05) is 0 Å². The third kappa shape index (κ3) is 1.49. The van der Waals surface area contributed by atoms with E-state index >= 15 is 0 Å². The van der Waals surface area contributed by atoms with Crippen molar-refractivity contribution in [1.82, 2.24) is 5.32 Å². The molecule has 3 N–H and O–H groups in total. The van der Waals surface area contributed by atoms with Crippen molar-refractivity contribution >= 4 is 0 Å². The molecule has 2 fully saturated rings. The van der Waals surface area contributed by atoms with Crippen LogP contribution in [0.5, 0.6) is 0 Å². The van der Waals surface area contributed by atoms with Crippen molar-refractivity contribution in [3.63, 3.8) is 0 Å². The Labute approximate surface area is 73.7 Å². The second-order valence-electron chi connectivity index (χ2n) is 4.15. The number of ether oxygens (including phenoxy) is 1. The maximum atomic E-state index is 5.63. The smallest absolute Gasteiger partial charge is 0.0704 e. The molecule has 2 unspecified atom stereocenters. The van der Waals surface area contributed by atoms with Crippen LogP contribution in [0.15, 0.2) is 0 Å². The van der Waals surface area contributed by atoms with Crippen LogP contribution in [0.1, 0.15) is 19.3 Å². The quantitative estimate of drug-likeness (QED) is 0.587. The van der Waals surface area contributed by atoms with E-state index in [4.69, 9.17) is 10.5 Å². The summed E-state index contributed by atoms with van der Waals surface area (Å²) in [6.45, 7) is 3.90. The minimum Gasteiger partial charge on any atom is -0.376 e. The molecule has 0 bridgehead atoms. The molecule has 2 atom stereocenters.